The number of likely N-dealkylation sites (N-methyl/N-ethyl adjacent to an activating group) is 1. The molecule has 0 aromatic carbocycles. The fraction of sp³-hybridized carbons (Fsp3) is 0.766. The minimum absolute atomic E-state index is 0.149. The van der Waals surface area contributed by atoms with Gasteiger partial charge in [0.15, 0.2) is 12.4 Å². The molecule has 0 aliphatic carbocycles. The molecule has 0 heterocycles. The van der Waals surface area contributed by atoms with Gasteiger partial charge in [-0.3, -0.25) is 9.59 Å². The summed E-state index contributed by atoms with van der Waals surface area (Å²) in [4.78, 5) is 37.1. The number of quaternary nitrogens is 1. The highest BCUT2D eigenvalue weighted by Crippen LogP contribution is 2.17. The Labute approximate surface area is 449 Å². The van der Waals surface area contributed by atoms with Gasteiger partial charge in [-0.1, -0.05) is 254 Å². The van der Waals surface area contributed by atoms with Gasteiger partial charge in [0.2, 0.25) is 0 Å². The van der Waals surface area contributed by atoms with E-state index in [4.69, 9.17) is 18.9 Å². The van der Waals surface area contributed by atoms with Gasteiger partial charge in [0.25, 0.3) is 0 Å². The second-order valence-corrected chi connectivity index (χ2v) is 21.3. The standard InChI is InChI=1S/C64H113NO8/c1-6-8-10-12-14-16-17-18-19-20-21-22-23-24-25-26-27-28-29-30-31-32-33-34-35-36-37-38-39-40-41-42-43-44-45-47-49-51-53-55-62(67)73-60(59-72-64(63(68)69)70-57-56-65(3,4)5)58-71-61(66)54-52-50-48-46-15-13-11-9-7-2/h8,10,14,16,18-19,21-22,24-25,27-28,60,64H,6-7,9,11-13,15,17,20,23,26,29-59H2,1-5H3/b10-8-,16-14-,19-18-,22-21-,25-24-,28-27-. The second kappa shape index (κ2) is 55.0. The molecule has 0 aliphatic rings. The molecule has 0 rings (SSSR count). The third kappa shape index (κ3) is 56.3. The summed E-state index contributed by atoms with van der Waals surface area (Å²) in [6.07, 6.45) is 68.5. The first-order chi connectivity index (χ1) is 35.6. The molecule has 0 N–H and O–H groups in total. The van der Waals surface area contributed by atoms with Crippen LogP contribution in [0.25, 0.3) is 0 Å². The Morgan fingerprint density at radius 2 is 0.781 bits per heavy atom. The van der Waals surface area contributed by atoms with Gasteiger partial charge in [-0.2, -0.15) is 0 Å². The summed E-state index contributed by atoms with van der Waals surface area (Å²) in [6.45, 7) is 4.62. The average Bonchev–Trinajstić information content (AvgIpc) is 3.36. The molecule has 0 fully saturated rings. The summed E-state index contributed by atoms with van der Waals surface area (Å²) in [5.41, 5.74) is 0. The Bertz CT molecular complexity index is 1420. The van der Waals surface area contributed by atoms with E-state index in [0.29, 0.717) is 23.9 Å². The molecule has 0 aliphatic heterocycles. The van der Waals surface area contributed by atoms with Crippen LogP contribution in [0, 0.1) is 0 Å². The molecule has 422 valence electrons. The van der Waals surface area contributed by atoms with E-state index in [1.54, 1.807) is 0 Å². The van der Waals surface area contributed by atoms with Crippen LogP contribution in [0.1, 0.15) is 258 Å². The van der Waals surface area contributed by atoms with Crippen molar-refractivity contribution >= 4 is 17.9 Å². The highest BCUT2D eigenvalue weighted by molar-refractivity contribution is 5.70. The lowest BCUT2D eigenvalue weighted by molar-refractivity contribution is -0.870. The Balaban J connectivity index is 3.92. The number of carboxylic acid groups (broad SMARTS) is 1. The first-order valence-corrected chi connectivity index (χ1v) is 30.1. The zero-order valence-electron chi connectivity index (χ0n) is 48.0. The molecule has 2 atom stereocenters. The van der Waals surface area contributed by atoms with Gasteiger partial charge in [0, 0.05) is 12.8 Å². The number of esters is 2. The van der Waals surface area contributed by atoms with Crippen molar-refractivity contribution in [3.63, 3.8) is 0 Å². The molecule has 73 heavy (non-hydrogen) atoms. The molecule has 0 radical (unpaired) electrons. The minimum atomic E-state index is -1.62. The molecule has 0 bridgehead atoms. The van der Waals surface area contributed by atoms with E-state index in [2.05, 4.69) is 86.8 Å². The summed E-state index contributed by atoms with van der Waals surface area (Å²) in [6, 6.07) is 0. The van der Waals surface area contributed by atoms with Crippen LogP contribution in [0.15, 0.2) is 72.9 Å². The number of hydrogen-bond donors (Lipinski definition) is 0. The SMILES string of the molecule is CC/C=C\C/C=C\C/C=C\C/C=C\C/C=C\C/C=C\CCCCCCCCCCCCCCCCCCCCCCC(=O)OC(COC(=O)CCCCCCCCCCC)COC(OCC[N+](C)(C)C)C(=O)[O-]. The molecule has 0 saturated carbocycles. The van der Waals surface area contributed by atoms with Crippen LogP contribution in [0.2, 0.25) is 0 Å². The highest BCUT2D eigenvalue weighted by Gasteiger charge is 2.22. The fourth-order valence-electron chi connectivity index (χ4n) is 8.36. The first-order valence-electron chi connectivity index (χ1n) is 30.1. The third-order valence-corrected chi connectivity index (χ3v) is 13.0. The maximum absolute atomic E-state index is 12.8. The molecular formula is C64H113NO8. The van der Waals surface area contributed by atoms with Crippen LogP contribution >= 0.6 is 0 Å². The van der Waals surface area contributed by atoms with Crippen molar-refractivity contribution < 1.29 is 42.9 Å². The van der Waals surface area contributed by atoms with Gasteiger partial charge < -0.3 is 33.3 Å². The van der Waals surface area contributed by atoms with Crippen LogP contribution in [0.4, 0.5) is 0 Å². The lowest BCUT2D eigenvalue weighted by Crippen LogP contribution is -2.44. The molecule has 0 spiro atoms. The first kappa shape index (κ1) is 69.7. The molecule has 0 aromatic rings. The normalized spacial score (nSPS) is 13.3. The predicted octanol–water partition coefficient (Wildman–Crippen LogP) is 16.5. The maximum atomic E-state index is 12.8. The van der Waals surface area contributed by atoms with E-state index < -0.39 is 24.3 Å². The number of ether oxygens (including phenoxy) is 4. The molecule has 9 heteroatoms. The van der Waals surface area contributed by atoms with E-state index in [0.717, 1.165) is 70.6 Å². The van der Waals surface area contributed by atoms with E-state index in [1.165, 1.54) is 154 Å². The number of rotatable bonds is 55. The molecule has 2 unspecified atom stereocenters. The number of hydrogen-bond acceptors (Lipinski definition) is 8. The van der Waals surface area contributed by atoms with Crippen LogP contribution < -0.4 is 5.11 Å². The molecule has 0 aromatic heterocycles. The van der Waals surface area contributed by atoms with E-state index >= 15 is 0 Å². The Morgan fingerprint density at radius 3 is 1.16 bits per heavy atom. The molecule has 0 saturated heterocycles. The van der Waals surface area contributed by atoms with E-state index in [1.807, 2.05) is 21.1 Å². The van der Waals surface area contributed by atoms with Gasteiger partial charge in [0.1, 0.15) is 13.2 Å². The summed E-state index contributed by atoms with van der Waals surface area (Å²) in [5.74, 6) is -2.28. The van der Waals surface area contributed by atoms with Crippen molar-refractivity contribution in [3.05, 3.63) is 72.9 Å². The largest absolute Gasteiger partial charge is 0.545 e. The topological polar surface area (TPSA) is 111 Å². The van der Waals surface area contributed by atoms with Gasteiger partial charge in [-0.15, -0.1) is 0 Å². The van der Waals surface area contributed by atoms with Crippen molar-refractivity contribution in [2.24, 2.45) is 0 Å². The fourth-order valence-corrected chi connectivity index (χ4v) is 8.36. The number of nitrogens with zero attached hydrogens (tertiary/aromatic N) is 1. The monoisotopic (exact) mass is 1020 g/mol. The van der Waals surface area contributed by atoms with Crippen LogP contribution in [-0.4, -0.2) is 82.3 Å². The van der Waals surface area contributed by atoms with Crippen LogP contribution in [-0.2, 0) is 33.3 Å². The van der Waals surface area contributed by atoms with Gasteiger partial charge >= 0.3 is 11.9 Å². The van der Waals surface area contributed by atoms with Crippen molar-refractivity contribution in [3.8, 4) is 0 Å². The number of carbonyl (C=O) groups is 3. The Hall–Kier alpha value is -3.27. The number of carbonyl (C=O) groups excluding carboxylic acids is 3. The predicted molar refractivity (Wildman–Crippen MR) is 306 cm³/mol. The number of allylic oxidation sites excluding steroid dienone is 12. The van der Waals surface area contributed by atoms with Crippen molar-refractivity contribution in [2.75, 3.05) is 47.5 Å². The van der Waals surface area contributed by atoms with Crippen LogP contribution in [0.5, 0.6) is 0 Å². The summed E-state index contributed by atoms with van der Waals surface area (Å²) in [7, 11) is 5.92. The number of carboxylic acids is 1. The summed E-state index contributed by atoms with van der Waals surface area (Å²) < 4.78 is 22.6. The average molecular weight is 1020 g/mol. The van der Waals surface area contributed by atoms with Crippen molar-refractivity contribution in [1.82, 2.24) is 0 Å². The maximum Gasteiger partial charge on any atom is 0.306 e. The Kier molecular flexibility index (Phi) is 52.5. The quantitative estimate of drug-likeness (QED) is 0.0195. The lowest BCUT2D eigenvalue weighted by Gasteiger charge is -2.26. The number of unbranched alkanes of at least 4 members (excludes halogenated alkanes) is 28. The summed E-state index contributed by atoms with van der Waals surface area (Å²) in [5, 5.41) is 11.7. The minimum Gasteiger partial charge on any atom is -0.545 e. The second-order valence-electron chi connectivity index (χ2n) is 21.3. The zero-order valence-corrected chi connectivity index (χ0v) is 48.0. The lowest BCUT2D eigenvalue weighted by atomic mass is 10.0. The third-order valence-electron chi connectivity index (χ3n) is 13.0. The van der Waals surface area contributed by atoms with Crippen molar-refractivity contribution in [1.29, 1.82) is 0 Å². The van der Waals surface area contributed by atoms with Crippen molar-refractivity contribution in [2.45, 2.75) is 270 Å². The van der Waals surface area contributed by atoms with Gasteiger partial charge in [0.05, 0.1) is 40.3 Å². The molecule has 9 nitrogen and oxygen atoms in total. The van der Waals surface area contributed by atoms with Crippen LogP contribution in [0.3, 0.4) is 0 Å². The summed E-state index contributed by atoms with van der Waals surface area (Å²) >= 11 is 0. The van der Waals surface area contributed by atoms with Gasteiger partial charge in [-0.25, -0.2) is 0 Å². The smallest absolute Gasteiger partial charge is 0.306 e. The Morgan fingerprint density at radius 1 is 0.425 bits per heavy atom. The highest BCUT2D eigenvalue weighted by atomic mass is 16.7. The molecule has 0 amide bonds. The zero-order chi connectivity index (χ0) is 53.4. The van der Waals surface area contributed by atoms with Gasteiger partial charge in [-0.05, 0) is 64.2 Å². The van der Waals surface area contributed by atoms with E-state index in [9.17, 15) is 19.5 Å². The van der Waals surface area contributed by atoms with E-state index in [-0.39, 0.29) is 32.2 Å². The molecular weight excluding hydrogens is 911 g/mol. The number of aliphatic carboxylic acids is 1.